The summed E-state index contributed by atoms with van der Waals surface area (Å²) >= 11 is 0. The number of aromatic hydroxyl groups is 1. The minimum absolute atomic E-state index is 0.0695. The van der Waals surface area contributed by atoms with Gasteiger partial charge in [-0.15, -0.1) is 0 Å². The number of nitrogens with zero attached hydrogens (tertiary/aromatic N) is 2. The molecule has 0 bridgehead atoms. The number of amides is 2. The molecule has 0 unspecified atom stereocenters. The first kappa shape index (κ1) is 19.6. The standard InChI is InChI=1S/C24H25N3O3/c28-21-8-5-7-20(17-21)26-12-14-27(15-13-26)24(29)25-18-19-6-4-11-23(16-19)30-22-9-2-1-3-10-22/h1-11,16-17,28H,12-15,18H2,(H,25,29). The maximum Gasteiger partial charge on any atom is 0.317 e. The van der Waals surface area contributed by atoms with Crippen LogP contribution in [0.2, 0.25) is 0 Å². The Labute approximate surface area is 176 Å². The maximum atomic E-state index is 12.6. The van der Waals surface area contributed by atoms with Gasteiger partial charge in [0.1, 0.15) is 17.2 Å². The number of para-hydroxylation sites is 1. The number of carbonyl (C=O) groups is 1. The van der Waals surface area contributed by atoms with Crippen molar-refractivity contribution in [2.75, 3.05) is 31.1 Å². The minimum Gasteiger partial charge on any atom is -0.508 e. The number of carbonyl (C=O) groups excluding carboxylic acids is 1. The lowest BCUT2D eigenvalue weighted by molar-refractivity contribution is 0.194. The summed E-state index contributed by atoms with van der Waals surface area (Å²) in [6.45, 7) is 3.18. The smallest absolute Gasteiger partial charge is 0.317 e. The molecule has 1 saturated heterocycles. The van der Waals surface area contributed by atoms with Crippen LogP contribution in [0.4, 0.5) is 10.5 Å². The van der Waals surface area contributed by atoms with Gasteiger partial charge in [0.05, 0.1) is 0 Å². The van der Waals surface area contributed by atoms with Gasteiger partial charge in [0.15, 0.2) is 0 Å². The molecule has 1 aliphatic heterocycles. The van der Waals surface area contributed by atoms with Crippen LogP contribution in [-0.2, 0) is 6.54 Å². The molecule has 3 aromatic rings. The highest BCUT2D eigenvalue weighted by Crippen LogP contribution is 2.23. The zero-order valence-corrected chi connectivity index (χ0v) is 16.7. The second-order valence-electron chi connectivity index (χ2n) is 7.22. The number of hydrogen-bond donors (Lipinski definition) is 2. The number of phenols is 1. The highest BCUT2D eigenvalue weighted by atomic mass is 16.5. The van der Waals surface area contributed by atoms with Gasteiger partial charge >= 0.3 is 6.03 Å². The Bertz CT molecular complexity index is 986. The molecule has 1 heterocycles. The summed E-state index contributed by atoms with van der Waals surface area (Å²) in [6, 6.07) is 24.5. The van der Waals surface area contributed by atoms with Crippen LogP contribution in [0.1, 0.15) is 5.56 Å². The Kier molecular flexibility index (Phi) is 6.03. The summed E-state index contributed by atoms with van der Waals surface area (Å²) in [7, 11) is 0. The van der Waals surface area contributed by atoms with Crippen LogP contribution < -0.4 is 15.0 Å². The van der Waals surface area contributed by atoms with Gasteiger partial charge in [-0.25, -0.2) is 4.79 Å². The molecule has 3 aromatic carbocycles. The van der Waals surface area contributed by atoms with Crippen LogP contribution in [0, 0.1) is 0 Å². The van der Waals surface area contributed by atoms with Crippen molar-refractivity contribution in [1.82, 2.24) is 10.2 Å². The molecule has 0 spiro atoms. The monoisotopic (exact) mass is 403 g/mol. The number of phenolic OH excluding ortho intramolecular Hbond substituents is 1. The topological polar surface area (TPSA) is 65.0 Å². The number of piperazine rings is 1. The van der Waals surface area contributed by atoms with Crippen LogP contribution in [-0.4, -0.2) is 42.2 Å². The second-order valence-corrected chi connectivity index (χ2v) is 7.22. The van der Waals surface area contributed by atoms with Crippen molar-refractivity contribution in [2.45, 2.75) is 6.54 Å². The van der Waals surface area contributed by atoms with E-state index in [1.54, 1.807) is 12.1 Å². The summed E-state index contributed by atoms with van der Waals surface area (Å²) < 4.78 is 5.86. The molecule has 4 rings (SSSR count). The van der Waals surface area contributed by atoms with Crippen molar-refractivity contribution < 1.29 is 14.6 Å². The highest BCUT2D eigenvalue weighted by Gasteiger charge is 2.21. The van der Waals surface area contributed by atoms with E-state index >= 15 is 0 Å². The zero-order valence-electron chi connectivity index (χ0n) is 16.7. The van der Waals surface area contributed by atoms with Gasteiger partial charge < -0.3 is 25.0 Å². The molecule has 0 aromatic heterocycles. The highest BCUT2D eigenvalue weighted by molar-refractivity contribution is 5.74. The van der Waals surface area contributed by atoms with Gasteiger partial charge in [-0.3, -0.25) is 0 Å². The number of anilines is 1. The number of hydrogen-bond acceptors (Lipinski definition) is 4. The van der Waals surface area contributed by atoms with E-state index in [1.807, 2.05) is 71.6 Å². The van der Waals surface area contributed by atoms with Crippen LogP contribution in [0.3, 0.4) is 0 Å². The molecule has 0 atom stereocenters. The zero-order chi connectivity index (χ0) is 20.8. The van der Waals surface area contributed by atoms with Crippen LogP contribution >= 0.6 is 0 Å². The normalized spacial score (nSPS) is 13.7. The number of urea groups is 1. The van der Waals surface area contributed by atoms with Gasteiger partial charge in [-0.2, -0.15) is 0 Å². The average Bonchev–Trinajstić information content (AvgIpc) is 2.78. The van der Waals surface area contributed by atoms with E-state index in [0.29, 0.717) is 19.6 Å². The summed E-state index contributed by atoms with van der Waals surface area (Å²) in [5.41, 5.74) is 1.96. The third kappa shape index (κ3) is 5.03. The molecule has 0 radical (unpaired) electrons. The van der Waals surface area contributed by atoms with Gasteiger partial charge in [-0.1, -0.05) is 36.4 Å². The van der Waals surface area contributed by atoms with Crippen molar-refractivity contribution in [3.05, 3.63) is 84.4 Å². The molecule has 0 aliphatic carbocycles. The molecular formula is C24H25N3O3. The van der Waals surface area contributed by atoms with Gasteiger partial charge in [0, 0.05) is 44.5 Å². The number of nitrogens with one attached hydrogen (secondary N) is 1. The van der Waals surface area contributed by atoms with Crippen molar-refractivity contribution in [2.24, 2.45) is 0 Å². The summed E-state index contributed by atoms with van der Waals surface area (Å²) in [4.78, 5) is 16.6. The number of benzene rings is 3. The Balaban J connectivity index is 1.27. The average molecular weight is 403 g/mol. The van der Waals surface area contributed by atoms with E-state index < -0.39 is 0 Å². The quantitative estimate of drug-likeness (QED) is 0.670. The molecule has 6 heteroatoms. The van der Waals surface area contributed by atoms with Crippen molar-refractivity contribution in [1.29, 1.82) is 0 Å². The largest absolute Gasteiger partial charge is 0.508 e. The molecule has 154 valence electrons. The summed E-state index contributed by atoms with van der Waals surface area (Å²) in [5.74, 6) is 1.78. The van der Waals surface area contributed by atoms with Crippen LogP contribution in [0.15, 0.2) is 78.9 Å². The number of ether oxygens (including phenoxy) is 1. The van der Waals surface area contributed by atoms with Gasteiger partial charge in [-0.05, 0) is 42.0 Å². The van der Waals surface area contributed by atoms with E-state index in [9.17, 15) is 9.90 Å². The second kappa shape index (κ2) is 9.22. The van der Waals surface area contributed by atoms with E-state index in [0.717, 1.165) is 35.8 Å². The number of rotatable bonds is 5. The van der Waals surface area contributed by atoms with E-state index in [2.05, 4.69) is 10.2 Å². The molecule has 1 aliphatic rings. The Morgan fingerprint density at radius 2 is 1.60 bits per heavy atom. The van der Waals surface area contributed by atoms with Crippen molar-refractivity contribution in [3.8, 4) is 17.2 Å². The van der Waals surface area contributed by atoms with Gasteiger partial charge in [0.25, 0.3) is 0 Å². The van der Waals surface area contributed by atoms with Crippen molar-refractivity contribution >= 4 is 11.7 Å². The third-order valence-corrected chi connectivity index (χ3v) is 5.08. The Hall–Kier alpha value is -3.67. The van der Waals surface area contributed by atoms with Crippen LogP contribution in [0.5, 0.6) is 17.2 Å². The third-order valence-electron chi connectivity index (χ3n) is 5.08. The SMILES string of the molecule is O=C(NCc1cccc(Oc2ccccc2)c1)N1CCN(c2cccc(O)c2)CC1. The molecule has 1 fully saturated rings. The lowest BCUT2D eigenvalue weighted by Crippen LogP contribution is -2.51. The fourth-order valence-electron chi connectivity index (χ4n) is 3.49. The van der Waals surface area contributed by atoms with Crippen molar-refractivity contribution in [3.63, 3.8) is 0 Å². The molecule has 2 amide bonds. The molecule has 30 heavy (non-hydrogen) atoms. The van der Waals surface area contributed by atoms with E-state index in [4.69, 9.17) is 4.74 Å². The van der Waals surface area contributed by atoms with Gasteiger partial charge in [0.2, 0.25) is 0 Å². The Morgan fingerprint density at radius 3 is 2.37 bits per heavy atom. The minimum atomic E-state index is -0.0695. The first-order valence-electron chi connectivity index (χ1n) is 10.1. The predicted molar refractivity (Wildman–Crippen MR) is 117 cm³/mol. The fourth-order valence-corrected chi connectivity index (χ4v) is 3.49. The predicted octanol–water partition coefficient (Wildman–Crippen LogP) is 4.22. The summed E-state index contributed by atoms with van der Waals surface area (Å²) in [5, 5.41) is 12.7. The first-order valence-corrected chi connectivity index (χ1v) is 10.1. The molecular weight excluding hydrogens is 378 g/mol. The molecule has 6 nitrogen and oxygen atoms in total. The maximum absolute atomic E-state index is 12.6. The summed E-state index contributed by atoms with van der Waals surface area (Å²) in [6.07, 6.45) is 0. The lowest BCUT2D eigenvalue weighted by atomic mass is 10.2. The molecule has 0 saturated carbocycles. The first-order chi connectivity index (χ1) is 14.7. The fraction of sp³-hybridized carbons (Fsp3) is 0.208. The van der Waals surface area contributed by atoms with E-state index in [1.165, 1.54) is 0 Å². The molecule has 2 N–H and O–H groups in total. The van der Waals surface area contributed by atoms with E-state index in [-0.39, 0.29) is 11.8 Å². The lowest BCUT2D eigenvalue weighted by Gasteiger charge is -2.36. The van der Waals surface area contributed by atoms with Crippen LogP contribution in [0.25, 0.3) is 0 Å². The Morgan fingerprint density at radius 1 is 0.867 bits per heavy atom.